The lowest BCUT2D eigenvalue weighted by Gasteiger charge is -2.34. The Kier molecular flexibility index (Phi) is 10.7. The molecule has 42 heavy (non-hydrogen) atoms. The summed E-state index contributed by atoms with van der Waals surface area (Å²) < 4.78 is 81.1. The molecule has 0 aliphatic rings. The van der Waals surface area contributed by atoms with Gasteiger partial charge in [0.15, 0.2) is 0 Å². The molecule has 0 fully saturated rings. The summed E-state index contributed by atoms with van der Waals surface area (Å²) in [5, 5.41) is 2.84. The SMILES string of the molecule is CC[C@@H](C)NC(=O)[C@H](Cc1ccccc1)N(Cc1ccccc1F)C(=O)CN(c1cccc(C(F)(F)F)c1)S(C)(=O)=O. The fraction of sp³-hybridized carbons (Fsp3) is 0.333. The molecule has 0 unspecified atom stereocenters. The highest BCUT2D eigenvalue weighted by Gasteiger charge is 2.35. The fourth-order valence-corrected chi connectivity index (χ4v) is 5.10. The Hall–Kier alpha value is -3.93. The van der Waals surface area contributed by atoms with Gasteiger partial charge in [-0.15, -0.1) is 0 Å². The zero-order valence-corrected chi connectivity index (χ0v) is 24.3. The maximum Gasteiger partial charge on any atom is 0.416 e. The van der Waals surface area contributed by atoms with E-state index in [-0.39, 0.29) is 23.7 Å². The van der Waals surface area contributed by atoms with Crippen molar-refractivity contribution in [2.24, 2.45) is 0 Å². The van der Waals surface area contributed by atoms with Gasteiger partial charge in [0, 0.05) is 24.6 Å². The van der Waals surface area contributed by atoms with Crippen molar-refractivity contribution >= 4 is 27.5 Å². The molecular formula is C30H33F4N3O4S. The second kappa shape index (κ2) is 13.8. The van der Waals surface area contributed by atoms with Crippen molar-refractivity contribution in [1.82, 2.24) is 10.2 Å². The number of carbonyl (C=O) groups is 2. The maximum atomic E-state index is 14.8. The van der Waals surface area contributed by atoms with Crippen LogP contribution in [0.1, 0.15) is 37.0 Å². The molecule has 0 saturated carbocycles. The number of halogens is 4. The molecule has 226 valence electrons. The van der Waals surface area contributed by atoms with Gasteiger partial charge in [0.1, 0.15) is 18.4 Å². The van der Waals surface area contributed by atoms with Gasteiger partial charge in [-0.3, -0.25) is 13.9 Å². The molecule has 2 atom stereocenters. The lowest BCUT2D eigenvalue weighted by Crippen LogP contribution is -2.54. The summed E-state index contributed by atoms with van der Waals surface area (Å²) >= 11 is 0. The minimum absolute atomic E-state index is 0.0196. The lowest BCUT2D eigenvalue weighted by molar-refractivity contribution is -0.140. The van der Waals surface area contributed by atoms with E-state index < -0.39 is 58.5 Å². The van der Waals surface area contributed by atoms with Crippen molar-refractivity contribution in [3.05, 3.63) is 101 Å². The van der Waals surface area contributed by atoms with Crippen LogP contribution < -0.4 is 9.62 Å². The molecule has 3 aromatic rings. The monoisotopic (exact) mass is 607 g/mol. The molecular weight excluding hydrogens is 574 g/mol. The molecule has 12 heteroatoms. The van der Waals surface area contributed by atoms with E-state index >= 15 is 0 Å². The number of nitrogens with zero attached hydrogens (tertiary/aromatic N) is 2. The summed E-state index contributed by atoms with van der Waals surface area (Å²) in [6, 6.07) is 16.5. The van der Waals surface area contributed by atoms with Crippen LogP contribution in [0.5, 0.6) is 0 Å². The Balaban J connectivity index is 2.10. The Labute approximate surface area is 243 Å². The number of benzene rings is 3. The topological polar surface area (TPSA) is 86.8 Å². The van der Waals surface area contributed by atoms with Crippen molar-refractivity contribution in [2.75, 3.05) is 17.1 Å². The lowest BCUT2D eigenvalue weighted by atomic mass is 10.0. The van der Waals surface area contributed by atoms with E-state index in [4.69, 9.17) is 0 Å². The number of hydrogen-bond donors (Lipinski definition) is 1. The number of alkyl halides is 3. The van der Waals surface area contributed by atoms with Gasteiger partial charge in [-0.25, -0.2) is 12.8 Å². The first kappa shape index (κ1) is 32.6. The standard InChI is InChI=1S/C30H33F4N3O4S/c1-4-21(2)35-29(39)27(17-22-11-6-5-7-12-22)36(19-23-13-8-9-16-26(23)31)28(38)20-37(42(3,40)41)25-15-10-14-24(18-25)30(32,33)34/h5-16,18,21,27H,4,17,19-20H2,1-3H3,(H,35,39)/t21-,27+/m1/s1. The highest BCUT2D eigenvalue weighted by molar-refractivity contribution is 7.92. The summed E-state index contributed by atoms with van der Waals surface area (Å²) in [5.41, 5.74) is -0.717. The summed E-state index contributed by atoms with van der Waals surface area (Å²) in [5.74, 6) is -2.09. The fourth-order valence-electron chi connectivity index (χ4n) is 4.26. The van der Waals surface area contributed by atoms with Gasteiger partial charge in [0.05, 0.1) is 17.5 Å². The second-order valence-corrected chi connectivity index (χ2v) is 11.9. The van der Waals surface area contributed by atoms with Crippen molar-refractivity contribution < 1.29 is 35.6 Å². The Morgan fingerprint density at radius 3 is 2.19 bits per heavy atom. The zero-order chi connectivity index (χ0) is 31.1. The van der Waals surface area contributed by atoms with Gasteiger partial charge in [-0.1, -0.05) is 61.5 Å². The number of anilines is 1. The number of rotatable bonds is 12. The molecule has 0 radical (unpaired) electrons. The predicted molar refractivity (Wildman–Crippen MR) is 152 cm³/mol. The van der Waals surface area contributed by atoms with Crippen LogP contribution in [0.4, 0.5) is 23.2 Å². The van der Waals surface area contributed by atoms with Crippen molar-refractivity contribution in [1.29, 1.82) is 0 Å². The molecule has 0 aliphatic carbocycles. The third-order valence-electron chi connectivity index (χ3n) is 6.71. The van der Waals surface area contributed by atoms with E-state index in [0.717, 1.165) is 29.4 Å². The smallest absolute Gasteiger partial charge is 0.352 e. The van der Waals surface area contributed by atoms with E-state index in [0.29, 0.717) is 22.4 Å². The van der Waals surface area contributed by atoms with Crippen molar-refractivity contribution in [2.45, 2.75) is 51.5 Å². The zero-order valence-electron chi connectivity index (χ0n) is 23.4. The van der Waals surface area contributed by atoms with E-state index in [1.807, 2.05) is 6.92 Å². The Morgan fingerprint density at radius 2 is 1.60 bits per heavy atom. The summed E-state index contributed by atoms with van der Waals surface area (Å²) in [4.78, 5) is 28.6. The summed E-state index contributed by atoms with van der Waals surface area (Å²) in [6.07, 6.45) is -3.39. The van der Waals surface area contributed by atoms with E-state index in [2.05, 4.69) is 5.32 Å². The van der Waals surface area contributed by atoms with E-state index in [9.17, 15) is 35.6 Å². The molecule has 7 nitrogen and oxygen atoms in total. The van der Waals surface area contributed by atoms with Gasteiger partial charge in [-0.2, -0.15) is 13.2 Å². The molecule has 0 saturated heterocycles. The van der Waals surface area contributed by atoms with Crippen LogP contribution >= 0.6 is 0 Å². The molecule has 0 bridgehead atoms. The number of amides is 2. The number of nitrogens with one attached hydrogen (secondary N) is 1. The van der Waals surface area contributed by atoms with Crippen LogP contribution in [0.2, 0.25) is 0 Å². The van der Waals surface area contributed by atoms with E-state index in [1.54, 1.807) is 43.3 Å². The summed E-state index contributed by atoms with van der Waals surface area (Å²) in [6.45, 7) is 2.33. The third kappa shape index (κ3) is 8.78. The second-order valence-electron chi connectivity index (χ2n) is 9.95. The van der Waals surface area contributed by atoms with Crippen LogP contribution in [-0.4, -0.2) is 50.0 Å². The first-order chi connectivity index (χ1) is 19.7. The summed E-state index contributed by atoms with van der Waals surface area (Å²) in [7, 11) is -4.27. The molecule has 2 amide bonds. The van der Waals surface area contributed by atoms with Crippen LogP contribution in [-0.2, 0) is 38.8 Å². The third-order valence-corrected chi connectivity index (χ3v) is 7.85. The molecule has 3 aromatic carbocycles. The van der Waals surface area contributed by atoms with Gasteiger partial charge < -0.3 is 10.2 Å². The average Bonchev–Trinajstić information content (AvgIpc) is 2.93. The quantitative estimate of drug-likeness (QED) is 0.288. The normalized spacial score (nSPS) is 13.2. The van der Waals surface area contributed by atoms with Crippen molar-refractivity contribution in [3.8, 4) is 0 Å². The van der Waals surface area contributed by atoms with Gasteiger partial charge >= 0.3 is 6.18 Å². The van der Waals surface area contributed by atoms with Crippen LogP contribution in [0.3, 0.4) is 0 Å². The highest BCUT2D eigenvalue weighted by Crippen LogP contribution is 2.32. The predicted octanol–water partition coefficient (Wildman–Crippen LogP) is 5.17. The van der Waals surface area contributed by atoms with E-state index in [1.165, 1.54) is 18.2 Å². The minimum atomic E-state index is -4.76. The Bertz CT molecular complexity index is 1480. The molecule has 0 aliphatic heterocycles. The van der Waals surface area contributed by atoms with Crippen LogP contribution in [0.25, 0.3) is 0 Å². The molecule has 1 N–H and O–H groups in total. The first-order valence-electron chi connectivity index (χ1n) is 13.2. The first-order valence-corrected chi connectivity index (χ1v) is 15.1. The van der Waals surface area contributed by atoms with Crippen LogP contribution in [0.15, 0.2) is 78.9 Å². The molecule has 0 heterocycles. The highest BCUT2D eigenvalue weighted by atomic mass is 32.2. The van der Waals surface area contributed by atoms with Crippen molar-refractivity contribution in [3.63, 3.8) is 0 Å². The molecule has 0 aromatic heterocycles. The van der Waals surface area contributed by atoms with Gasteiger partial charge in [-0.05, 0) is 43.2 Å². The van der Waals surface area contributed by atoms with Crippen LogP contribution in [0, 0.1) is 5.82 Å². The van der Waals surface area contributed by atoms with Gasteiger partial charge in [0.25, 0.3) is 0 Å². The maximum absolute atomic E-state index is 14.8. The number of carbonyl (C=O) groups excluding carboxylic acids is 2. The number of hydrogen-bond acceptors (Lipinski definition) is 4. The number of sulfonamides is 1. The Morgan fingerprint density at radius 1 is 0.952 bits per heavy atom. The molecule has 3 rings (SSSR count). The minimum Gasteiger partial charge on any atom is -0.352 e. The molecule has 0 spiro atoms. The van der Waals surface area contributed by atoms with Gasteiger partial charge in [0.2, 0.25) is 21.8 Å². The average molecular weight is 608 g/mol. The largest absolute Gasteiger partial charge is 0.416 e.